The van der Waals surface area contributed by atoms with E-state index in [2.05, 4.69) is 21.4 Å². The maximum absolute atomic E-state index is 12.3. The molecule has 1 aromatic heterocycles. The number of carbonyl (C=O) groups is 1. The highest BCUT2D eigenvalue weighted by Crippen LogP contribution is 2.23. The molecule has 124 valence electrons. The van der Waals surface area contributed by atoms with Gasteiger partial charge in [-0.3, -0.25) is 14.8 Å². The lowest BCUT2D eigenvalue weighted by Gasteiger charge is -2.07. The summed E-state index contributed by atoms with van der Waals surface area (Å²) in [5.74, 6) is 0.148. The lowest BCUT2D eigenvalue weighted by Crippen LogP contribution is -2.29. The number of fused-ring (bicyclic) bond motifs is 1. The van der Waals surface area contributed by atoms with Crippen molar-refractivity contribution in [2.24, 2.45) is 10.7 Å². The molecule has 0 aliphatic heterocycles. The zero-order chi connectivity index (χ0) is 17.6. The van der Waals surface area contributed by atoms with E-state index >= 15 is 0 Å². The molecule has 3 N–H and O–H groups in total. The van der Waals surface area contributed by atoms with E-state index in [9.17, 15) is 4.79 Å². The standard InChI is InChI=1S/C20H18N4O/c1-22-19(9-10-21)24-20(25)16-8-7-15-11-17(13-23-18(15)12-16)14-5-3-2-4-6-14/h2-13H,21H2,1H3,(H,22,24,25)/b10-9-. The highest BCUT2D eigenvalue weighted by atomic mass is 16.1. The van der Waals surface area contributed by atoms with Crippen molar-refractivity contribution in [1.82, 2.24) is 10.3 Å². The number of aliphatic imine (C=N–C) groups is 1. The first-order valence-corrected chi connectivity index (χ1v) is 7.83. The Labute approximate surface area is 145 Å². The maximum atomic E-state index is 12.3. The smallest absolute Gasteiger partial charge is 0.256 e. The predicted octanol–water partition coefficient (Wildman–Crippen LogP) is 3.13. The number of aromatic nitrogens is 1. The first-order chi connectivity index (χ1) is 12.2. The van der Waals surface area contributed by atoms with Crippen LogP contribution in [0.4, 0.5) is 0 Å². The fourth-order valence-electron chi connectivity index (χ4n) is 2.50. The first kappa shape index (κ1) is 16.4. The van der Waals surface area contributed by atoms with Crippen molar-refractivity contribution in [1.29, 1.82) is 0 Å². The normalized spacial score (nSPS) is 11.8. The van der Waals surface area contributed by atoms with Crippen molar-refractivity contribution in [2.75, 3.05) is 7.05 Å². The van der Waals surface area contributed by atoms with Gasteiger partial charge in [0.25, 0.3) is 5.91 Å². The SMILES string of the molecule is CN=C(/C=C\N)NC(=O)c1ccc2cc(-c3ccccc3)cnc2c1. The van der Waals surface area contributed by atoms with Crippen LogP contribution in [0, 0.1) is 0 Å². The third-order valence-corrected chi connectivity index (χ3v) is 3.79. The average Bonchev–Trinajstić information content (AvgIpc) is 2.67. The van der Waals surface area contributed by atoms with E-state index in [1.165, 1.54) is 12.3 Å². The third-order valence-electron chi connectivity index (χ3n) is 3.79. The molecule has 0 bridgehead atoms. The summed E-state index contributed by atoms with van der Waals surface area (Å²) in [6, 6.07) is 17.6. The van der Waals surface area contributed by atoms with Crippen molar-refractivity contribution < 1.29 is 4.79 Å². The molecule has 0 aliphatic rings. The number of hydrogen-bond acceptors (Lipinski definition) is 4. The lowest BCUT2D eigenvalue weighted by atomic mass is 10.0. The van der Waals surface area contributed by atoms with E-state index < -0.39 is 0 Å². The van der Waals surface area contributed by atoms with Crippen LogP contribution >= 0.6 is 0 Å². The van der Waals surface area contributed by atoms with E-state index in [1.54, 1.807) is 19.2 Å². The molecular formula is C20H18N4O. The lowest BCUT2D eigenvalue weighted by molar-refractivity contribution is 0.0977. The number of carbonyl (C=O) groups excluding carboxylic acids is 1. The molecule has 3 aromatic rings. The van der Waals surface area contributed by atoms with Gasteiger partial charge in [0.1, 0.15) is 5.84 Å². The van der Waals surface area contributed by atoms with Crippen LogP contribution in [0.2, 0.25) is 0 Å². The highest BCUT2D eigenvalue weighted by molar-refractivity contribution is 6.11. The largest absolute Gasteiger partial charge is 0.404 e. The summed E-state index contributed by atoms with van der Waals surface area (Å²) in [6.07, 6.45) is 4.68. The summed E-state index contributed by atoms with van der Waals surface area (Å²) < 4.78 is 0. The maximum Gasteiger partial charge on any atom is 0.256 e. The van der Waals surface area contributed by atoms with Crippen molar-refractivity contribution >= 4 is 22.6 Å². The van der Waals surface area contributed by atoms with Gasteiger partial charge in [-0.1, -0.05) is 36.4 Å². The number of benzene rings is 2. The van der Waals surface area contributed by atoms with E-state index in [1.807, 2.05) is 42.6 Å². The zero-order valence-corrected chi connectivity index (χ0v) is 13.8. The Bertz CT molecular complexity index is 962. The van der Waals surface area contributed by atoms with Crippen molar-refractivity contribution in [2.45, 2.75) is 0 Å². The Hall–Kier alpha value is -3.47. The molecule has 0 unspecified atom stereocenters. The number of amidine groups is 1. The molecule has 0 saturated carbocycles. The fraction of sp³-hybridized carbons (Fsp3) is 0.0500. The minimum Gasteiger partial charge on any atom is -0.404 e. The topological polar surface area (TPSA) is 80.4 Å². The quantitative estimate of drug-likeness (QED) is 0.572. The van der Waals surface area contributed by atoms with Gasteiger partial charge in [0.05, 0.1) is 5.52 Å². The van der Waals surface area contributed by atoms with Gasteiger partial charge < -0.3 is 11.1 Å². The number of nitrogens with one attached hydrogen (secondary N) is 1. The van der Waals surface area contributed by atoms with Crippen molar-refractivity contribution in [3.63, 3.8) is 0 Å². The van der Waals surface area contributed by atoms with Crippen LogP contribution in [-0.2, 0) is 0 Å². The number of nitrogens with two attached hydrogens (primary N) is 1. The Morgan fingerprint density at radius 1 is 1.12 bits per heavy atom. The summed E-state index contributed by atoms with van der Waals surface area (Å²) in [5, 5.41) is 3.68. The second kappa shape index (κ2) is 7.40. The summed E-state index contributed by atoms with van der Waals surface area (Å²) in [7, 11) is 1.59. The summed E-state index contributed by atoms with van der Waals surface area (Å²) in [4.78, 5) is 20.8. The predicted molar refractivity (Wildman–Crippen MR) is 101 cm³/mol. The number of hydrogen-bond donors (Lipinski definition) is 2. The molecule has 2 aromatic carbocycles. The van der Waals surface area contributed by atoms with Crippen molar-refractivity contribution in [3.05, 3.63) is 78.6 Å². The molecule has 3 rings (SSSR count). The Morgan fingerprint density at radius 2 is 1.92 bits per heavy atom. The zero-order valence-electron chi connectivity index (χ0n) is 13.8. The third kappa shape index (κ3) is 3.72. The Kier molecular flexibility index (Phi) is 4.85. The molecule has 0 fully saturated rings. The molecule has 0 spiro atoms. The summed E-state index contributed by atoms with van der Waals surface area (Å²) in [5.41, 5.74) is 8.76. The number of nitrogens with zero attached hydrogens (tertiary/aromatic N) is 2. The Balaban J connectivity index is 1.89. The molecule has 0 aliphatic carbocycles. The molecule has 0 saturated heterocycles. The number of rotatable bonds is 3. The van der Waals surface area contributed by atoms with Crippen LogP contribution in [0.5, 0.6) is 0 Å². The van der Waals surface area contributed by atoms with Gasteiger partial charge >= 0.3 is 0 Å². The second-order valence-electron chi connectivity index (χ2n) is 5.42. The molecule has 5 heteroatoms. The van der Waals surface area contributed by atoms with Crippen LogP contribution in [0.1, 0.15) is 10.4 Å². The van der Waals surface area contributed by atoms with Gasteiger partial charge in [0, 0.05) is 29.8 Å². The minimum atomic E-state index is -0.255. The first-order valence-electron chi connectivity index (χ1n) is 7.83. The molecular weight excluding hydrogens is 312 g/mol. The van der Waals surface area contributed by atoms with Crippen LogP contribution < -0.4 is 11.1 Å². The molecule has 0 atom stereocenters. The highest BCUT2D eigenvalue weighted by Gasteiger charge is 2.09. The van der Waals surface area contributed by atoms with Gasteiger partial charge in [0.15, 0.2) is 0 Å². The van der Waals surface area contributed by atoms with Gasteiger partial charge in [-0.15, -0.1) is 0 Å². The number of pyridine rings is 1. The fourth-order valence-corrected chi connectivity index (χ4v) is 2.50. The van der Waals surface area contributed by atoms with Crippen LogP contribution in [-0.4, -0.2) is 23.8 Å². The van der Waals surface area contributed by atoms with E-state index in [0.29, 0.717) is 11.4 Å². The Morgan fingerprint density at radius 3 is 2.64 bits per heavy atom. The van der Waals surface area contributed by atoms with Crippen LogP contribution in [0.3, 0.4) is 0 Å². The van der Waals surface area contributed by atoms with Crippen LogP contribution in [0.25, 0.3) is 22.0 Å². The molecule has 1 amide bonds. The van der Waals surface area contributed by atoms with Gasteiger partial charge in [-0.2, -0.15) is 0 Å². The monoisotopic (exact) mass is 330 g/mol. The van der Waals surface area contributed by atoms with Crippen molar-refractivity contribution in [3.8, 4) is 11.1 Å². The van der Waals surface area contributed by atoms with E-state index in [0.717, 1.165) is 22.0 Å². The van der Waals surface area contributed by atoms with E-state index in [4.69, 9.17) is 5.73 Å². The molecule has 1 heterocycles. The second-order valence-corrected chi connectivity index (χ2v) is 5.42. The molecule has 25 heavy (non-hydrogen) atoms. The molecule has 5 nitrogen and oxygen atoms in total. The average molecular weight is 330 g/mol. The van der Waals surface area contributed by atoms with Crippen LogP contribution in [0.15, 0.2) is 78.1 Å². The summed E-state index contributed by atoms with van der Waals surface area (Å²) in [6.45, 7) is 0. The number of amides is 1. The minimum absolute atomic E-state index is 0.255. The van der Waals surface area contributed by atoms with Gasteiger partial charge in [0.2, 0.25) is 0 Å². The molecule has 0 radical (unpaired) electrons. The van der Waals surface area contributed by atoms with E-state index in [-0.39, 0.29) is 5.91 Å². The van der Waals surface area contributed by atoms with Gasteiger partial charge in [-0.25, -0.2) is 0 Å². The van der Waals surface area contributed by atoms with Gasteiger partial charge in [-0.05, 0) is 36.0 Å². The summed E-state index contributed by atoms with van der Waals surface area (Å²) >= 11 is 0.